The number of rotatable bonds is 5. The lowest BCUT2D eigenvalue weighted by molar-refractivity contribution is -0.116. The summed E-state index contributed by atoms with van der Waals surface area (Å²) < 4.78 is 39.0. The summed E-state index contributed by atoms with van der Waals surface area (Å²) in [5.74, 6) is -1.03. The molecule has 0 radical (unpaired) electrons. The van der Waals surface area contributed by atoms with Gasteiger partial charge in [-0.25, -0.2) is 12.8 Å². The van der Waals surface area contributed by atoms with Crippen molar-refractivity contribution in [3.8, 4) is 0 Å². The van der Waals surface area contributed by atoms with Crippen LogP contribution in [0.5, 0.6) is 0 Å². The minimum Gasteiger partial charge on any atom is -0.324 e. The molecule has 0 aliphatic heterocycles. The number of hydrogen-bond acceptors (Lipinski definition) is 3. The number of nitrogens with zero attached hydrogens (tertiary/aromatic N) is 1. The van der Waals surface area contributed by atoms with Crippen LogP contribution in [0, 0.1) is 19.7 Å². The zero-order valence-corrected chi connectivity index (χ0v) is 15.4. The van der Waals surface area contributed by atoms with E-state index in [1.807, 2.05) is 13.0 Å². The first kappa shape index (κ1) is 18.9. The molecule has 7 heteroatoms. The van der Waals surface area contributed by atoms with E-state index in [1.165, 1.54) is 31.2 Å². The average Bonchev–Trinajstić information content (AvgIpc) is 2.49. The zero-order chi connectivity index (χ0) is 18.8. The van der Waals surface area contributed by atoms with Gasteiger partial charge in [0, 0.05) is 5.69 Å². The van der Waals surface area contributed by atoms with Gasteiger partial charge in [0.05, 0.1) is 11.9 Å². The molecule has 2 aromatic carbocycles. The van der Waals surface area contributed by atoms with E-state index in [9.17, 15) is 17.6 Å². The number of nitrogens with one attached hydrogen (secondary N) is 1. The standard InChI is InChI=1S/C18H21FN2O3S/c1-12-8-9-13(2)17(10-12)21(25(4,23)24)14(3)18(22)20-16-7-5-6-15(19)11-16/h5-11,14H,1-4H3,(H,20,22)/t14-/m0/s1. The van der Waals surface area contributed by atoms with Crippen molar-refractivity contribution in [1.29, 1.82) is 0 Å². The molecular formula is C18H21FN2O3S. The SMILES string of the molecule is Cc1ccc(C)c(N([C@@H](C)C(=O)Nc2cccc(F)c2)S(C)(=O)=O)c1. The third kappa shape index (κ3) is 4.57. The van der Waals surface area contributed by atoms with Gasteiger partial charge in [-0.15, -0.1) is 0 Å². The van der Waals surface area contributed by atoms with E-state index in [0.717, 1.165) is 21.7 Å². The minimum atomic E-state index is -3.70. The van der Waals surface area contributed by atoms with E-state index in [0.29, 0.717) is 5.69 Å². The van der Waals surface area contributed by atoms with Gasteiger partial charge in [-0.05, 0) is 56.2 Å². The van der Waals surface area contributed by atoms with Crippen LogP contribution in [0.3, 0.4) is 0 Å². The Bertz CT molecular complexity index is 897. The Balaban J connectivity index is 2.38. The number of anilines is 2. The Kier molecular flexibility index (Phi) is 5.47. The highest BCUT2D eigenvalue weighted by Gasteiger charge is 2.30. The molecule has 1 N–H and O–H groups in total. The molecule has 0 saturated carbocycles. The summed E-state index contributed by atoms with van der Waals surface area (Å²) in [6.07, 6.45) is 1.06. The minimum absolute atomic E-state index is 0.270. The van der Waals surface area contributed by atoms with E-state index >= 15 is 0 Å². The van der Waals surface area contributed by atoms with Crippen LogP contribution in [0.4, 0.5) is 15.8 Å². The molecule has 0 aromatic heterocycles. The summed E-state index contributed by atoms with van der Waals surface area (Å²) in [6.45, 7) is 5.13. The predicted molar refractivity (Wildman–Crippen MR) is 97.7 cm³/mol. The average molecular weight is 364 g/mol. The molecule has 0 bridgehead atoms. The molecular weight excluding hydrogens is 343 g/mol. The Labute approximate surface area is 147 Å². The van der Waals surface area contributed by atoms with Crippen molar-refractivity contribution in [1.82, 2.24) is 0 Å². The van der Waals surface area contributed by atoms with Crippen LogP contribution in [-0.2, 0) is 14.8 Å². The van der Waals surface area contributed by atoms with Gasteiger partial charge in [0.1, 0.15) is 11.9 Å². The quantitative estimate of drug-likeness (QED) is 0.886. The molecule has 0 spiro atoms. The topological polar surface area (TPSA) is 66.5 Å². The van der Waals surface area contributed by atoms with Crippen molar-refractivity contribution in [3.05, 3.63) is 59.4 Å². The molecule has 0 fully saturated rings. The van der Waals surface area contributed by atoms with Gasteiger partial charge in [-0.1, -0.05) is 18.2 Å². The second kappa shape index (κ2) is 7.23. The molecule has 0 heterocycles. The number of amides is 1. The number of carbonyl (C=O) groups is 1. The lowest BCUT2D eigenvalue weighted by Gasteiger charge is -2.29. The summed E-state index contributed by atoms with van der Waals surface area (Å²) in [5.41, 5.74) is 2.34. The first-order valence-corrected chi connectivity index (χ1v) is 9.57. The predicted octanol–water partition coefficient (Wildman–Crippen LogP) is 3.24. The van der Waals surface area contributed by atoms with Crippen molar-refractivity contribution in [2.45, 2.75) is 26.8 Å². The van der Waals surface area contributed by atoms with Gasteiger partial charge in [0.2, 0.25) is 15.9 Å². The number of benzene rings is 2. The monoisotopic (exact) mass is 364 g/mol. The second-order valence-electron chi connectivity index (χ2n) is 6.02. The van der Waals surface area contributed by atoms with Crippen LogP contribution in [0.25, 0.3) is 0 Å². The summed E-state index contributed by atoms with van der Waals surface area (Å²) in [4.78, 5) is 12.5. The molecule has 1 atom stereocenters. The molecule has 0 aliphatic rings. The maximum absolute atomic E-state index is 13.3. The van der Waals surface area contributed by atoms with Gasteiger partial charge in [-0.2, -0.15) is 0 Å². The fourth-order valence-corrected chi connectivity index (χ4v) is 3.77. The molecule has 2 aromatic rings. The maximum Gasteiger partial charge on any atom is 0.247 e. The van der Waals surface area contributed by atoms with Gasteiger partial charge in [0.15, 0.2) is 0 Å². The normalized spacial score (nSPS) is 12.5. The van der Waals surface area contributed by atoms with Crippen molar-refractivity contribution in [2.24, 2.45) is 0 Å². The molecule has 134 valence electrons. The van der Waals surface area contributed by atoms with Crippen LogP contribution >= 0.6 is 0 Å². The number of hydrogen-bond donors (Lipinski definition) is 1. The number of sulfonamides is 1. The Morgan fingerprint density at radius 3 is 2.44 bits per heavy atom. The van der Waals surface area contributed by atoms with Crippen LogP contribution < -0.4 is 9.62 Å². The van der Waals surface area contributed by atoms with Gasteiger partial charge < -0.3 is 5.32 Å². The van der Waals surface area contributed by atoms with E-state index in [-0.39, 0.29) is 5.69 Å². The summed E-state index contributed by atoms with van der Waals surface area (Å²) in [5, 5.41) is 2.55. The molecule has 2 rings (SSSR count). The van der Waals surface area contributed by atoms with E-state index < -0.39 is 27.8 Å². The highest BCUT2D eigenvalue weighted by Crippen LogP contribution is 2.26. The summed E-state index contributed by atoms with van der Waals surface area (Å²) in [6, 6.07) is 9.84. The van der Waals surface area contributed by atoms with E-state index in [4.69, 9.17) is 0 Å². The zero-order valence-electron chi connectivity index (χ0n) is 14.6. The van der Waals surface area contributed by atoms with Crippen LogP contribution in [0.2, 0.25) is 0 Å². The molecule has 5 nitrogen and oxygen atoms in total. The molecule has 0 saturated heterocycles. The Morgan fingerprint density at radius 1 is 1.16 bits per heavy atom. The van der Waals surface area contributed by atoms with Crippen molar-refractivity contribution in [2.75, 3.05) is 15.9 Å². The van der Waals surface area contributed by atoms with Crippen molar-refractivity contribution in [3.63, 3.8) is 0 Å². The van der Waals surface area contributed by atoms with Crippen LogP contribution in [-0.4, -0.2) is 26.6 Å². The number of halogens is 1. The lowest BCUT2D eigenvalue weighted by atomic mass is 10.1. The van der Waals surface area contributed by atoms with Gasteiger partial charge >= 0.3 is 0 Å². The first-order valence-electron chi connectivity index (χ1n) is 7.72. The third-order valence-corrected chi connectivity index (χ3v) is 5.01. The highest BCUT2D eigenvalue weighted by atomic mass is 32.2. The van der Waals surface area contributed by atoms with Gasteiger partial charge in [-0.3, -0.25) is 9.10 Å². The van der Waals surface area contributed by atoms with Crippen molar-refractivity contribution >= 4 is 27.3 Å². The molecule has 0 unspecified atom stereocenters. The first-order chi connectivity index (χ1) is 11.6. The smallest absolute Gasteiger partial charge is 0.247 e. The fourth-order valence-electron chi connectivity index (χ4n) is 2.55. The molecule has 1 amide bonds. The van der Waals surface area contributed by atoms with E-state index in [2.05, 4.69) is 5.32 Å². The van der Waals surface area contributed by atoms with Crippen LogP contribution in [0.15, 0.2) is 42.5 Å². The summed E-state index contributed by atoms with van der Waals surface area (Å²) >= 11 is 0. The fraction of sp³-hybridized carbons (Fsp3) is 0.278. The Morgan fingerprint density at radius 2 is 1.84 bits per heavy atom. The highest BCUT2D eigenvalue weighted by molar-refractivity contribution is 7.92. The van der Waals surface area contributed by atoms with Gasteiger partial charge in [0.25, 0.3) is 0 Å². The summed E-state index contributed by atoms with van der Waals surface area (Å²) in [7, 11) is -3.70. The second-order valence-corrected chi connectivity index (χ2v) is 7.88. The maximum atomic E-state index is 13.3. The number of aryl methyl sites for hydroxylation is 2. The van der Waals surface area contributed by atoms with E-state index in [1.54, 1.807) is 19.1 Å². The largest absolute Gasteiger partial charge is 0.324 e. The van der Waals surface area contributed by atoms with Crippen molar-refractivity contribution < 1.29 is 17.6 Å². The Hall–Kier alpha value is -2.41. The van der Waals surface area contributed by atoms with Crippen LogP contribution in [0.1, 0.15) is 18.1 Å². The third-order valence-electron chi connectivity index (χ3n) is 3.78. The molecule has 0 aliphatic carbocycles. The lowest BCUT2D eigenvalue weighted by Crippen LogP contribution is -2.45. The number of carbonyl (C=O) groups excluding carboxylic acids is 1. The molecule has 25 heavy (non-hydrogen) atoms.